The Morgan fingerprint density at radius 3 is 2.89 bits per heavy atom. The van der Waals surface area contributed by atoms with Crippen molar-refractivity contribution in [1.82, 2.24) is 5.32 Å². The molecule has 1 fully saturated rings. The third-order valence-electron chi connectivity index (χ3n) is 3.62. The molecule has 0 saturated carbocycles. The monoisotopic (exact) mass is 285 g/mol. The molecule has 0 aliphatic carbocycles. The van der Waals surface area contributed by atoms with Gasteiger partial charge in [-0.3, -0.25) is 0 Å². The van der Waals surface area contributed by atoms with Crippen LogP contribution in [0.5, 0.6) is 0 Å². The average Bonchev–Trinajstić information content (AvgIpc) is 2.42. The van der Waals surface area contributed by atoms with Gasteiger partial charge in [-0.1, -0.05) is 24.6 Å². The average molecular weight is 286 g/mol. The minimum absolute atomic E-state index is 0.0390. The van der Waals surface area contributed by atoms with E-state index < -0.39 is 0 Å². The summed E-state index contributed by atoms with van der Waals surface area (Å²) in [6.07, 6.45) is 3.43. The van der Waals surface area contributed by atoms with E-state index in [0.29, 0.717) is 10.6 Å². The van der Waals surface area contributed by atoms with E-state index in [1.807, 2.05) is 6.07 Å². The summed E-state index contributed by atoms with van der Waals surface area (Å²) >= 11 is 6.22. The van der Waals surface area contributed by atoms with Gasteiger partial charge in [-0.05, 0) is 49.9 Å². The smallest absolute Gasteiger partial charge is 0.127 e. The van der Waals surface area contributed by atoms with Gasteiger partial charge in [-0.25, -0.2) is 4.39 Å². The Morgan fingerprint density at radius 1 is 1.47 bits per heavy atom. The molecule has 4 heteroatoms. The van der Waals surface area contributed by atoms with Crippen molar-refractivity contribution >= 4 is 11.6 Å². The molecule has 1 aromatic rings. The zero-order chi connectivity index (χ0) is 13.8. The van der Waals surface area contributed by atoms with E-state index in [1.165, 1.54) is 12.5 Å². The fraction of sp³-hybridized carbons (Fsp3) is 0.600. The van der Waals surface area contributed by atoms with Gasteiger partial charge in [0.1, 0.15) is 5.82 Å². The first kappa shape index (κ1) is 14.8. The van der Waals surface area contributed by atoms with Crippen LogP contribution in [0.4, 0.5) is 4.39 Å². The molecule has 0 radical (unpaired) electrons. The molecule has 1 N–H and O–H groups in total. The van der Waals surface area contributed by atoms with E-state index in [9.17, 15) is 4.39 Å². The van der Waals surface area contributed by atoms with Crippen molar-refractivity contribution in [3.63, 3.8) is 0 Å². The van der Waals surface area contributed by atoms with E-state index in [4.69, 9.17) is 16.3 Å². The van der Waals surface area contributed by atoms with Crippen molar-refractivity contribution in [2.24, 2.45) is 0 Å². The lowest BCUT2D eigenvalue weighted by atomic mass is 9.94. The van der Waals surface area contributed by atoms with Crippen molar-refractivity contribution in [1.29, 1.82) is 0 Å². The predicted molar refractivity (Wildman–Crippen MR) is 76.2 cm³/mol. The number of benzene rings is 1. The molecule has 2 unspecified atom stereocenters. The molecule has 19 heavy (non-hydrogen) atoms. The van der Waals surface area contributed by atoms with Crippen molar-refractivity contribution in [3.8, 4) is 0 Å². The highest BCUT2D eigenvalue weighted by molar-refractivity contribution is 6.31. The quantitative estimate of drug-likeness (QED) is 0.902. The summed E-state index contributed by atoms with van der Waals surface area (Å²) < 4.78 is 19.4. The first-order valence-electron chi connectivity index (χ1n) is 6.94. The lowest BCUT2D eigenvalue weighted by molar-refractivity contribution is -0.00786. The maximum Gasteiger partial charge on any atom is 0.127 e. The van der Waals surface area contributed by atoms with Crippen LogP contribution in [-0.2, 0) is 4.74 Å². The second kappa shape index (κ2) is 6.69. The van der Waals surface area contributed by atoms with Gasteiger partial charge in [-0.15, -0.1) is 0 Å². The number of nitrogens with one attached hydrogen (secondary N) is 1. The Morgan fingerprint density at radius 2 is 2.26 bits per heavy atom. The largest absolute Gasteiger partial charge is 0.376 e. The first-order chi connectivity index (χ1) is 9.13. The van der Waals surface area contributed by atoms with Gasteiger partial charge in [0.25, 0.3) is 0 Å². The number of rotatable bonds is 4. The molecule has 2 nitrogen and oxygen atoms in total. The number of likely N-dealkylation sites (N-methyl/N-ethyl adjacent to an activating group) is 1. The highest BCUT2D eigenvalue weighted by Gasteiger charge is 2.27. The Bertz CT molecular complexity index is 432. The maximum atomic E-state index is 13.5. The summed E-state index contributed by atoms with van der Waals surface area (Å²) in [6, 6.07) is 3.28. The second-order valence-electron chi connectivity index (χ2n) is 5.06. The highest BCUT2D eigenvalue weighted by atomic mass is 35.5. The molecule has 1 saturated heterocycles. The molecule has 1 aliphatic rings. The zero-order valence-electron chi connectivity index (χ0n) is 11.5. The van der Waals surface area contributed by atoms with Crippen LogP contribution in [0.1, 0.15) is 43.4 Å². The fourth-order valence-corrected chi connectivity index (χ4v) is 2.88. The summed E-state index contributed by atoms with van der Waals surface area (Å²) in [4.78, 5) is 0. The molecule has 1 aliphatic heterocycles. The second-order valence-corrected chi connectivity index (χ2v) is 5.47. The van der Waals surface area contributed by atoms with E-state index in [-0.39, 0.29) is 18.0 Å². The van der Waals surface area contributed by atoms with E-state index in [1.54, 1.807) is 6.92 Å². The van der Waals surface area contributed by atoms with Crippen molar-refractivity contribution in [2.45, 2.75) is 45.3 Å². The molecule has 0 amide bonds. The number of aryl methyl sites for hydroxylation is 1. The van der Waals surface area contributed by atoms with Crippen LogP contribution in [0.25, 0.3) is 0 Å². The van der Waals surface area contributed by atoms with Crippen LogP contribution in [0, 0.1) is 12.7 Å². The Balaban J connectivity index is 2.29. The number of hydrogen-bond acceptors (Lipinski definition) is 2. The van der Waals surface area contributed by atoms with E-state index in [0.717, 1.165) is 31.6 Å². The Hall–Kier alpha value is -0.640. The number of ether oxygens (including phenoxy) is 1. The summed E-state index contributed by atoms with van der Waals surface area (Å²) in [6.45, 7) is 5.45. The molecule has 106 valence electrons. The van der Waals surface area contributed by atoms with Gasteiger partial charge >= 0.3 is 0 Å². The Labute approximate surface area is 119 Å². The van der Waals surface area contributed by atoms with Gasteiger partial charge < -0.3 is 10.1 Å². The minimum Gasteiger partial charge on any atom is -0.376 e. The first-order valence-corrected chi connectivity index (χ1v) is 7.31. The standard InChI is InChI=1S/C15H21ClFNO/c1-3-18-15(14-6-4-5-7-19-14)11-8-10(2)13(17)9-12(11)16/h8-9,14-15,18H,3-7H2,1-2H3. The topological polar surface area (TPSA) is 21.3 Å². The molecule has 2 rings (SSSR count). The summed E-state index contributed by atoms with van der Waals surface area (Å²) in [5.74, 6) is -0.256. The molecule has 0 aromatic heterocycles. The molecule has 0 spiro atoms. The molecule has 1 heterocycles. The molecule has 1 aromatic carbocycles. The van der Waals surface area contributed by atoms with Crippen LogP contribution < -0.4 is 5.32 Å². The van der Waals surface area contributed by atoms with Crippen LogP contribution in [-0.4, -0.2) is 19.3 Å². The van der Waals surface area contributed by atoms with Crippen LogP contribution in [0.3, 0.4) is 0 Å². The summed E-state index contributed by atoms with van der Waals surface area (Å²) in [7, 11) is 0. The fourth-order valence-electron chi connectivity index (χ4n) is 2.61. The van der Waals surface area contributed by atoms with Crippen molar-refractivity contribution in [3.05, 3.63) is 34.1 Å². The van der Waals surface area contributed by atoms with Gasteiger partial charge in [-0.2, -0.15) is 0 Å². The van der Waals surface area contributed by atoms with Gasteiger partial charge in [0, 0.05) is 11.6 Å². The minimum atomic E-state index is -0.256. The lowest BCUT2D eigenvalue weighted by Gasteiger charge is -2.32. The molecular weight excluding hydrogens is 265 g/mol. The van der Waals surface area contributed by atoms with Gasteiger partial charge in [0.15, 0.2) is 0 Å². The van der Waals surface area contributed by atoms with Crippen LogP contribution in [0.2, 0.25) is 5.02 Å². The SMILES string of the molecule is CCNC(c1cc(C)c(F)cc1Cl)C1CCCCO1. The van der Waals surface area contributed by atoms with Crippen LogP contribution >= 0.6 is 11.6 Å². The number of hydrogen-bond donors (Lipinski definition) is 1. The van der Waals surface area contributed by atoms with Gasteiger partial charge in [0.2, 0.25) is 0 Å². The molecule has 0 bridgehead atoms. The lowest BCUT2D eigenvalue weighted by Crippen LogP contribution is -2.36. The van der Waals surface area contributed by atoms with Crippen molar-refractivity contribution < 1.29 is 9.13 Å². The molecule has 2 atom stereocenters. The van der Waals surface area contributed by atoms with E-state index >= 15 is 0 Å². The molecular formula is C15H21ClFNO. The normalized spacial score (nSPS) is 21.4. The maximum absolute atomic E-state index is 13.5. The highest BCUT2D eigenvalue weighted by Crippen LogP contribution is 2.32. The third kappa shape index (κ3) is 3.47. The van der Waals surface area contributed by atoms with Gasteiger partial charge in [0.05, 0.1) is 12.1 Å². The number of halogens is 2. The third-order valence-corrected chi connectivity index (χ3v) is 3.95. The Kier molecular flexibility index (Phi) is 5.20. The van der Waals surface area contributed by atoms with Crippen molar-refractivity contribution in [2.75, 3.05) is 13.2 Å². The van der Waals surface area contributed by atoms with E-state index in [2.05, 4.69) is 12.2 Å². The summed E-state index contributed by atoms with van der Waals surface area (Å²) in [5.41, 5.74) is 1.56. The van der Waals surface area contributed by atoms with Crippen LogP contribution in [0.15, 0.2) is 12.1 Å². The predicted octanol–water partition coefficient (Wildman–Crippen LogP) is 4.01. The zero-order valence-corrected chi connectivity index (χ0v) is 12.3. The summed E-state index contributed by atoms with van der Waals surface area (Å²) in [5, 5.41) is 3.90.